The van der Waals surface area contributed by atoms with Crippen molar-refractivity contribution < 1.29 is 23.9 Å². The summed E-state index contributed by atoms with van der Waals surface area (Å²) in [5.41, 5.74) is 1.14. The van der Waals surface area contributed by atoms with Gasteiger partial charge >= 0.3 is 12.1 Å². The topological polar surface area (TPSA) is 91.4 Å². The highest BCUT2D eigenvalue weighted by Crippen LogP contribution is 2.38. The van der Waals surface area contributed by atoms with E-state index in [4.69, 9.17) is 9.47 Å². The third kappa shape index (κ3) is 4.15. The number of nitrogens with zero attached hydrogens (tertiary/aromatic N) is 3. The van der Waals surface area contributed by atoms with Crippen molar-refractivity contribution >= 4 is 29.4 Å². The van der Waals surface area contributed by atoms with E-state index in [9.17, 15) is 14.4 Å². The van der Waals surface area contributed by atoms with Gasteiger partial charge in [-0.2, -0.15) is 0 Å². The van der Waals surface area contributed by atoms with E-state index in [1.807, 2.05) is 39.0 Å². The maximum atomic E-state index is 12.5. The lowest BCUT2D eigenvalue weighted by atomic mass is 10.1. The van der Waals surface area contributed by atoms with E-state index >= 15 is 0 Å². The van der Waals surface area contributed by atoms with Crippen molar-refractivity contribution in [1.29, 1.82) is 0 Å². The molecule has 162 valence electrons. The predicted octanol–water partition coefficient (Wildman–Crippen LogP) is 2.34. The van der Waals surface area contributed by atoms with Gasteiger partial charge in [0.15, 0.2) is 0 Å². The molecule has 0 aliphatic carbocycles. The van der Waals surface area contributed by atoms with Gasteiger partial charge in [0, 0.05) is 50.8 Å². The number of carbonyl (C=O) groups excluding carboxylic acids is 3. The van der Waals surface area contributed by atoms with E-state index in [0.717, 1.165) is 12.1 Å². The van der Waals surface area contributed by atoms with Crippen LogP contribution in [0.3, 0.4) is 0 Å². The molecule has 1 atom stereocenters. The number of fused-ring (bicyclic) bond motifs is 3. The Labute approximate surface area is 175 Å². The maximum absolute atomic E-state index is 12.5. The van der Waals surface area contributed by atoms with Crippen molar-refractivity contribution in [3.63, 3.8) is 0 Å². The van der Waals surface area contributed by atoms with Crippen molar-refractivity contribution in [3.05, 3.63) is 18.2 Å². The van der Waals surface area contributed by atoms with Gasteiger partial charge in [-0.3, -0.25) is 15.0 Å². The average Bonchev–Trinajstić information content (AvgIpc) is 2.84. The van der Waals surface area contributed by atoms with Crippen molar-refractivity contribution in [2.75, 3.05) is 42.6 Å². The van der Waals surface area contributed by atoms with Crippen LogP contribution < -0.4 is 19.9 Å². The number of benzene rings is 1. The van der Waals surface area contributed by atoms with Crippen LogP contribution in [0.5, 0.6) is 5.75 Å². The number of nitrogens with one attached hydrogen (secondary N) is 1. The third-order valence-corrected chi connectivity index (χ3v) is 5.46. The third-order valence-electron chi connectivity index (χ3n) is 5.46. The summed E-state index contributed by atoms with van der Waals surface area (Å²) in [5.74, 6) is 0.457. The van der Waals surface area contributed by atoms with Crippen molar-refractivity contribution in [3.8, 4) is 5.75 Å². The van der Waals surface area contributed by atoms with Crippen LogP contribution in [0.15, 0.2) is 18.2 Å². The molecular weight excluding hydrogens is 388 g/mol. The van der Waals surface area contributed by atoms with Crippen molar-refractivity contribution in [2.24, 2.45) is 0 Å². The molecule has 0 aromatic heterocycles. The van der Waals surface area contributed by atoms with Crippen LogP contribution in [0, 0.1) is 0 Å². The van der Waals surface area contributed by atoms with E-state index in [2.05, 4.69) is 10.2 Å². The lowest BCUT2D eigenvalue weighted by Gasteiger charge is -2.42. The van der Waals surface area contributed by atoms with Gasteiger partial charge in [-0.15, -0.1) is 0 Å². The number of amides is 4. The normalized spacial score (nSPS) is 21.8. The molecule has 1 N–H and O–H groups in total. The molecule has 4 amide bonds. The molecule has 9 nitrogen and oxygen atoms in total. The van der Waals surface area contributed by atoms with Gasteiger partial charge in [0.2, 0.25) is 5.91 Å². The van der Waals surface area contributed by atoms with Crippen molar-refractivity contribution in [2.45, 2.75) is 45.3 Å². The number of carbonyl (C=O) groups is 3. The van der Waals surface area contributed by atoms with E-state index in [0.29, 0.717) is 44.2 Å². The molecule has 0 spiro atoms. The Morgan fingerprint density at radius 3 is 2.73 bits per heavy atom. The second-order valence-corrected chi connectivity index (χ2v) is 8.82. The molecule has 2 fully saturated rings. The smallest absolute Gasteiger partial charge is 0.410 e. The van der Waals surface area contributed by atoms with Crippen LogP contribution in [-0.4, -0.2) is 67.4 Å². The summed E-state index contributed by atoms with van der Waals surface area (Å²) in [6.45, 7) is 8.30. The first-order chi connectivity index (χ1) is 14.2. The maximum Gasteiger partial charge on any atom is 0.410 e. The summed E-state index contributed by atoms with van der Waals surface area (Å²) in [5, 5.41) is 2.34. The number of hydrogen-bond donors (Lipinski definition) is 1. The molecule has 0 radical (unpaired) electrons. The highest BCUT2D eigenvalue weighted by atomic mass is 16.6. The second kappa shape index (κ2) is 7.70. The van der Waals surface area contributed by atoms with Gasteiger partial charge in [-0.1, -0.05) is 0 Å². The summed E-state index contributed by atoms with van der Waals surface area (Å²) >= 11 is 0. The molecule has 3 heterocycles. The van der Waals surface area contributed by atoms with Gasteiger partial charge in [-0.25, -0.2) is 9.59 Å². The summed E-state index contributed by atoms with van der Waals surface area (Å²) < 4.78 is 11.5. The zero-order chi connectivity index (χ0) is 21.5. The molecule has 3 aliphatic rings. The standard InChI is InChI=1S/C21H28N4O5/c1-21(2,3)30-20(28)23-9-10-24-15(13-23)7-11-29-17-12-14(4-5-16(17)24)25-8-6-18(26)22-19(25)27/h4-5,12,15H,6-11,13H2,1-3H3,(H,22,26,27). The quantitative estimate of drug-likeness (QED) is 0.756. The molecular formula is C21H28N4O5. The Hall–Kier alpha value is -2.97. The highest BCUT2D eigenvalue weighted by molar-refractivity contribution is 6.05. The molecule has 0 saturated carbocycles. The Balaban J connectivity index is 1.51. The van der Waals surface area contributed by atoms with Gasteiger partial charge in [0.05, 0.1) is 18.3 Å². The fourth-order valence-electron chi connectivity index (χ4n) is 4.05. The van der Waals surface area contributed by atoms with Gasteiger partial charge in [-0.05, 0) is 32.9 Å². The molecule has 4 rings (SSSR count). The Kier molecular flexibility index (Phi) is 5.21. The molecule has 30 heavy (non-hydrogen) atoms. The van der Waals surface area contributed by atoms with E-state index in [1.165, 1.54) is 0 Å². The summed E-state index contributed by atoms with van der Waals surface area (Å²) in [4.78, 5) is 41.6. The minimum absolute atomic E-state index is 0.134. The number of hydrogen-bond acceptors (Lipinski definition) is 6. The summed E-state index contributed by atoms with van der Waals surface area (Å²) in [6.07, 6.45) is 0.772. The minimum Gasteiger partial charge on any atom is -0.491 e. The monoisotopic (exact) mass is 416 g/mol. The zero-order valence-corrected chi connectivity index (χ0v) is 17.6. The molecule has 3 aliphatic heterocycles. The van der Waals surface area contributed by atoms with Gasteiger partial charge in [0.25, 0.3) is 0 Å². The fraction of sp³-hybridized carbons (Fsp3) is 0.571. The molecule has 0 bridgehead atoms. The van der Waals surface area contributed by atoms with Crippen LogP contribution in [0.2, 0.25) is 0 Å². The first-order valence-electron chi connectivity index (χ1n) is 10.3. The Bertz CT molecular complexity index is 865. The number of imide groups is 1. The zero-order valence-electron chi connectivity index (χ0n) is 17.6. The second-order valence-electron chi connectivity index (χ2n) is 8.82. The largest absolute Gasteiger partial charge is 0.491 e. The van der Waals surface area contributed by atoms with Crippen LogP contribution in [0.1, 0.15) is 33.6 Å². The molecule has 9 heteroatoms. The van der Waals surface area contributed by atoms with E-state index in [1.54, 1.807) is 9.80 Å². The van der Waals surface area contributed by atoms with Crippen molar-refractivity contribution in [1.82, 2.24) is 10.2 Å². The number of ether oxygens (including phenoxy) is 2. The summed E-state index contributed by atoms with van der Waals surface area (Å²) in [7, 11) is 0. The SMILES string of the molecule is CC(C)(C)OC(=O)N1CCN2c3ccc(N4CCC(=O)NC4=O)cc3OCCC2C1. The van der Waals surface area contributed by atoms with Gasteiger partial charge in [0.1, 0.15) is 11.4 Å². The number of anilines is 2. The molecule has 2 saturated heterocycles. The number of rotatable bonds is 1. The van der Waals surface area contributed by atoms with E-state index in [-0.39, 0.29) is 24.5 Å². The first kappa shape index (κ1) is 20.3. The van der Waals surface area contributed by atoms with E-state index < -0.39 is 11.6 Å². The van der Waals surface area contributed by atoms with Crippen LogP contribution in [0.25, 0.3) is 0 Å². The lowest BCUT2D eigenvalue weighted by molar-refractivity contribution is -0.120. The summed E-state index contributed by atoms with van der Waals surface area (Å²) in [6, 6.07) is 5.40. The number of urea groups is 1. The van der Waals surface area contributed by atoms with Gasteiger partial charge < -0.3 is 19.3 Å². The number of piperazine rings is 1. The van der Waals surface area contributed by atoms with Crippen LogP contribution >= 0.6 is 0 Å². The minimum atomic E-state index is -0.519. The molecule has 1 aromatic carbocycles. The first-order valence-corrected chi connectivity index (χ1v) is 10.3. The highest BCUT2D eigenvalue weighted by Gasteiger charge is 2.35. The fourth-order valence-corrected chi connectivity index (χ4v) is 4.05. The Morgan fingerprint density at radius 1 is 1.20 bits per heavy atom. The average molecular weight is 416 g/mol. The Morgan fingerprint density at radius 2 is 2.00 bits per heavy atom. The molecule has 1 unspecified atom stereocenters. The predicted molar refractivity (Wildman–Crippen MR) is 111 cm³/mol. The van der Waals surface area contributed by atoms with Crippen LogP contribution in [-0.2, 0) is 9.53 Å². The molecule has 1 aromatic rings. The lowest BCUT2D eigenvalue weighted by Crippen LogP contribution is -2.55. The van der Waals surface area contributed by atoms with Crippen LogP contribution in [0.4, 0.5) is 21.0 Å².